The lowest BCUT2D eigenvalue weighted by atomic mass is 10.3. The number of carbonyl (C=O) groups excluding carboxylic acids is 1. The van der Waals surface area contributed by atoms with E-state index in [2.05, 4.69) is 20.9 Å². The lowest BCUT2D eigenvalue weighted by molar-refractivity contribution is 0.0528. The Bertz CT molecular complexity index is 383. The van der Waals surface area contributed by atoms with Gasteiger partial charge in [-0.25, -0.2) is 4.98 Å². The highest BCUT2D eigenvalue weighted by Crippen LogP contribution is 2.14. The highest BCUT2D eigenvalue weighted by atomic mass is 79.9. The first-order valence-electron chi connectivity index (χ1n) is 5.50. The molecule has 0 atom stereocenters. The van der Waals surface area contributed by atoms with Crippen molar-refractivity contribution in [2.24, 2.45) is 0 Å². The van der Waals surface area contributed by atoms with E-state index in [0.717, 1.165) is 0 Å². The molecule has 94 valence electrons. The molecule has 1 aromatic heterocycles. The number of pyridine rings is 1. The van der Waals surface area contributed by atoms with Crippen LogP contribution >= 0.6 is 15.9 Å². The predicted octanol–water partition coefficient (Wildman–Crippen LogP) is 2.34. The maximum Gasteiger partial charge on any atom is 0.273 e. The normalized spacial score (nSPS) is 10.6. The molecule has 1 heterocycles. The molecule has 1 rings (SSSR count). The lowest BCUT2D eigenvalue weighted by Crippen LogP contribution is -2.31. The SMILES string of the molecule is CC(C)OCCN(C)C(=O)c1ncccc1Br. The molecule has 0 aliphatic rings. The maximum atomic E-state index is 12.0. The first kappa shape index (κ1) is 14.1. The fraction of sp³-hybridized carbons (Fsp3) is 0.500. The van der Waals surface area contributed by atoms with Crippen molar-refractivity contribution >= 4 is 21.8 Å². The second kappa shape index (κ2) is 6.71. The van der Waals surface area contributed by atoms with Crippen LogP contribution in [0.25, 0.3) is 0 Å². The second-order valence-electron chi connectivity index (χ2n) is 3.98. The molecule has 0 fully saturated rings. The van der Waals surface area contributed by atoms with Gasteiger partial charge < -0.3 is 9.64 Å². The Kier molecular flexibility index (Phi) is 5.58. The number of aromatic nitrogens is 1. The van der Waals surface area contributed by atoms with Crippen LogP contribution in [0.1, 0.15) is 24.3 Å². The molecule has 0 bridgehead atoms. The Morgan fingerprint density at radius 2 is 2.29 bits per heavy atom. The Morgan fingerprint density at radius 3 is 2.88 bits per heavy atom. The van der Waals surface area contributed by atoms with Crippen LogP contribution in [0.4, 0.5) is 0 Å². The topological polar surface area (TPSA) is 42.4 Å². The minimum Gasteiger partial charge on any atom is -0.377 e. The molecule has 0 saturated heterocycles. The number of hydrogen-bond acceptors (Lipinski definition) is 3. The fourth-order valence-electron chi connectivity index (χ4n) is 1.25. The Balaban J connectivity index is 2.55. The third kappa shape index (κ3) is 4.44. The molecular formula is C12H17BrN2O2. The van der Waals surface area contributed by atoms with Crippen molar-refractivity contribution in [1.29, 1.82) is 0 Å². The van der Waals surface area contributed by atoms with E-state index >= 15 is 0 Å². The van der Waals surface area contributed by atoms with Gasteiger partial charge in [-0.1, -0.05) is 0 Å². The zero-order valence-electron chi connectivity index (χ0n) is 10.3. The molecule has 0 N–H and O–H groups in total. The van der Waals surface area contributed by atoms with Crippen LogP contribution in [0.3, 0.4) is 0 Å². The number of rotatable bonds is 5. The van der Waals surface area contributed by atoms with E-state index in [1.807, 2.05) is 13.8 Å². The van der Waals surface area contributed by atoms with Crippen molar-refractivity contribution in [3.05, 3.63) is 28.5 Å². The van der Waals surface area contributed by atoms with Gasteiger partial charge in [0.1, 0.15) is 5.69 Å². The molecule has 0 radical (unpaired) electrons. The highest BCUT2D eigenvalue weighted by Gasteiger charge is 2.15. The molecule has 0 aromatic carbocycles. The molecule has 0 spiro atoms. The summed E-state index contributed by atoms with van der Waals surface area (Å²) in [5, 5.41) is 0. The summed E-state index contributed by atoms with van der Waals surface area (Å²) in [4.78, 5) is 17.7. The fourth-order valence-corrected chi connectivity index (χ4v) is 1.68. The van der Waals surface area contributed by atoms with Crippen LogP contribution < -0.4 is 0 Å². The van der Waals surface area contributed by atoms with Gasteiger partial charge in [-0.05, 0) is 41.9 Å². The summed E-state index contributed by atoms with van der Waals surface area (Å²) in [5.74, 6) is -0.107. The van der Waals surface area contributed by atoms with Gasteiger partial charge in [0.25, 0.3) is 5.91 Å². The van der Waals surface area contributed by atoms with Crippen LogP contribution in [0.2, 0.25) is 0 Å². The first-order valence-corrected chi connectivity index (χ1v) is 6.29. The molecule has 1 amide bonds. The standard InChI is InChI=1S/C12H17BrN2O2/c1-9(2)17-8-7-15(3)12(16)11-10(13)5-4-6-14-11/h4-6,9H,7-8H2,1-3H3. The smallest absolute Gasteiger partial charge is 0.273 e. The van der Waals surface area contributed by atoms with Crippen molar-refractivity contribution in [3.63, 3.8) is 0 Å². The highest BCUT2D eigenvalue weighted by molar-refractivity contribution is 9.10. The Labute approximate surface area is 110 Å². The molecule has 0 saturated carbocycles. The molecule has 5 heteroatoms. The van der Waals surface area contributed by atoms with E-state index in [1.165, 1.54) is 0 Å². The predicted molar refractivity (Wildman–Crippen MR) is 70.0 cm³/mol. The quantitative estimate of drug-likeness (QED) is 0.838. The average molecular weight is 301 g/mol. The van der Waals surface area contributed by atoms with E-state index in [-0.39, 0.29) is 12.0 Å². The second-order valence-corrected chi connectivity index (χ2v) is 4.83. The van der Waals surface area contributed by atoms with E-state index in [0.29, 0.717) is 23.3 Å². The van der Waals surface area contributed by atoms with Gasteiger partial charge in [0.15, 0.2) is 0 Å². The summed E-state index contributed by atoms with van der Waals surface area (Å²) in [5.41, 5.74) is 0.430. The van der Waals surface area contributed by atoms with Crippen LogP contribution in [-0.2, 0) is 4.74 Å². The zero-order valence-corrected chi connectivity index (χ0v) is 11.9. The minimum absolute atomic E-state index is 0.107. The lowest BCUT2D eigenvalue weighted by Gasteiger charge is -2.18. The number of likely N-dealkylation sites (N-methyl/N-ethyl adjacent to an activating group) is 1. The van der Waals surface area contributed by atoms with Crippen LogP contribution in [0.5, 0.6) is 0 Å². The molecule has 4 nitrogen and oxygen atoms in total. The maximum absolute atomic E-state index is 12.0. The van der Waals surface area contributed by atoms with Gasteiger partial charge in [0.2, 0.25) is 0 Å². The van der Waals surface area contributed by atoms with Gasteiger partial charge in [0.05, 0.1) is 12.7 Å². The number of halogens is 1. The van der Waals surface area contributed by atoms with Crippen LogP contribution in [0.15, 0.2) is 22.8 Å². The summed E-state index contributed by atoms with van der Waals surface area (Å²) in [6.07, 6.45) is 1.79. The van der Waals surface area contributed by atoms with Crippen molar-refractivity contribution in [3.8, 4) is 0 Å². The number of amides is 1. The number of hydrogen-bond donors (Lipinski definition) is 0. The van der Waals surface area contributed by atoms with Crippen LogP contribution in [0, 0.1) is 0 Å². The summed E-state index contributed by atoms with van der Waals surface area (Å²) in [6.45, 7) is 5.03. The van der Waals surface area contributed by atoms with Gasteiger partial charge in [0, 0.05) is 24.3 Å². The minimum atomic E-state index is -0.107. The van der Waals surface area contributed by atoms with Crippen molar-refractivity contribution in [2.45, 2.75) is 20.0 Å². The van der Waals surface area contributed by atoms with Gasteiger partial charge in [-0.15, -0.1) is 0 Å². The third-order valence-electron chi connectivity index (χ3n) is 2.19. The average Bonchev–Trinajstić information content (AvgIpc) is 2.28. The van der Waals surface area contributed by atoms with Crippen molar-refractivity contribution < 1.29 is 9.53 Å². The summed E-state index contributed by atoms with van der Waals surface area (Å²) >= 11 is 3.32. The number of ether oxygens (including phenoxy) is 1. The van der Waals surface area contributed by atoms with Crippen molar-refractivity contribution in [1.82, 2.24) is 9.88 Å². The molecule has 0 aliphatic heterocycles. The summed E-state index contributed by atoms with van der Waals surface area (Å²) in [6, 6.07) is 3.58. The van der Waals surface area contributed by atoms with Gasteiger partial charge >= 0.3 is 0 Å². The Morgan fingerprint density at radius 1 is 1.59 bits per heavy atom. The first-order chi connectivity index (χ1) is 8.02. The van der Waals surface area contributed by atoms with Crippen LogP contribution in [-0.4, -0.2) is 42.1 Å². The monoisotopic (exact) mass is 300 g/mol. The van der Waals surface area contributed by atoms with E-state index in [4.69, 9.17) is 4.74 Å². The number of nitrogens with zero attached hydrogens (tertiary/aromatic N) is 2. The van der Waals surface area contributed by atoms with E-state index < -0.39 is 0 Å². The number of carbonyl (C=O) groups is 1. The van der Waals surface area contributed by atoms with Gasteiger partial charge in [-0.3, -0.25) is 4.79 Å². The molecule has 0 unspecified atom stereocenters. The van der Waals surface area contributed by atoms with Gasteiger partial charge in [-0.2, -0.15) is 0 Å². The van der Waals surface area contributed by atoms with Crippen molar-refractivity contribution in [2.75, 3.05) is 20.2 Å². The van der Waals surface area contributed by atoms with E-state index in [1.54, 1.807) is 30.3 Å². The zero-order chi connectivity index (χ0) is 12.8. The Hall–Kier alpha value is -0.940. The summed E-state index contributed by atoms with van der Waals surface area (Å²) < 4.78 is 6.11. The summed E-state index contributed by atoms with van der Waals surface area (Å²) in [7, 11) is 1.74. The van der Waals surface area contributed by atoms with E-state index in [9.17, 15) is 4.79 Å². The molecule has 1 aromatic rings. The molecule has 17 heavy (non-hydrogen) atoms. The third-order valence-corrected chi connectivity index (χ3v) is 2.83. The molecule has 0 aliphatic carbocycles. The largest absolute Gasteiger partial charge is 0.377 e. The molecular weight excluding hydrogens is 284 g/mol.